The van der Waals surface area contributed by atoms with Gasteiger partial charge in [0.05, 0.1) is 5.69 Å². The van der Waals surface area contributed by atoms with Gasteiger partial charge in [-0.3, -0.25) is 19.4 Å². The van der Waals surface area contributed by atoms with E-state index < -0.39 is 6.04 Å². The highest BCUT2D eigenvalue weighted by Gasteiger charge is 2.58. The molecule has 1 spiro atoms. The number of rotatable bonds is 7. The number of anilines is 1. The third kappa shape index (κ3) is 4.10. The van der Waals surface area contributed by atoms with Crippen LogP contribution in [0.15, 0.2) is 60.8 Å². The molecule has 1 fully saturated rings. The number of benzene rings is 2. The predicted octanol–water partition coefficient (Wildman–Crippen LogP) is 4.77. The minimum Gasteiger partial charge on any atom is -0.338 e. The Morgan fingerprint density at radius 3 is 2.55 bits per heavy atom. The molecule has 1 saturated carbocycles. The Morgan fingerprint density at radius 2 is 1.87 bits per heavy atom. The molecule has 2 heterocycles. The fraction of sp³-hybridized carbons (Fsp3) is 0.333. The molecule has 2 aliphatic rings. The number of aromatic amines is 1. The van der Waals surface area contributed by atoms with Crippen LogP contribution < -0.4 is 10.6 Å². The predicted molar refractivity (Wildman–Crippen MR) is 146 cm³/mol. The number of nitrogens with one attached hydrogen (secondary N) is 3. The second-order valence-corrected chi connectivity index (χ2v) is 10.6. The van der Waals surface area contributed by atoms with E-state index in [0.29, 0.717) is 17.9 Å². The Labute approximate surface area is 221 Å². The zero-order valence-electron chi connectivity index (χ0n) is 21.9. The van der Waals surface area contributed by atoms with Gasteiger partial charge in [0.25, 0.3) is 5.91 Å². The van der Waals surface area contributed by atoms with Crippen molar-refractivity contribution in [2.75, 3.05) is 5.32 Å². The van der Waals surface area contributed by atoms with Crippen LogP contribution in [0.4, 0.5) is 5.69 Å². The molecule has 38 heavy (non-hydrogen) atoms. The van der Waals surface area contributed by atoms with Gasteiger partial charge in [-0.1, -0.05) is 36.4 Å². The molecule has 0 aliphatic heterocycles. The molecule has 4 aromatic rings. The molecule has 3 N–H and O–H groups in total. The molecule has 194 valence electrons. The number of nitrogens with zero attached hydrogens (tertiary/aromatic N) is 3. The molecule has 2 aromatic carbocycles. The zero-order valence-corrected chi connectivity index (χ0v) is 21.9. The normalized spacial score (nSPS) is 17.7. The second-order valence-electron chi connectivity index (χ2n) is 10.6. The minimum atomic E-state index is -0.716. The molecule has 0 saturated heterocycles. The molecule has 8 nitrogen and oxygen atoms in total. The van der Waals surface area contributed by atoms with Gasteiger partial charge in [-0.05, 0) is 80.3 Å². The SMILES string of the molecule is CCn1nccc1C(=O)N[C@H](C(=O)Nc1ccc(-c2c(C)n[nH]c2C)cc1)C1c2ccccc2CC12CC2. The Hall–Kier alpha value is -4.20. The van der Waals surface area contributed by atoms with Gasteiger partial charge in [0, 0.05) is 35.6 Å². The molecule has 2 aromatic heterocycles. The lowest BCUT2D eigenvalue weighted by atomic mass is 9.82. The van der Waals surface area contributed by atoms with Gasteiger partial charge >= 0.3 is 0 Å². The van der Waals surface area contributed by atoms with Gasteiger partial charge in [0.1, 0.15) is 11.7 Å². The van der Waals surface area contributed by atoms with Gasteiger partial charge in [-0.15, -0.1) is 0 Å². The van der Waals surface area contributed by atoms with Crippen molar-refractivity contribution in [3.63, 3.8) is 0 Å². The topological polar surface area (TPSA) is 105 Å². The van der Waals surface area contributed by atoms with Crippen LogP contribution >= 0.6 is 0 Å². The first kappa shape index (κ1) is 24.2. The van der Waals surface area contributed by atoms with E-state index >= 15 is 0 Å². The van der Waals surface area contributed by atoms with Crippen molar-refractivity contribution in [2.45, 2.75) is 58.5 Å². The van der Waals surface area contributed by atoms with Gasteiger partial charge in [-0.2, -0.15) is 10.2 Å². The summed E-state index contributed by atoms with van der Waals surface area (Å²) in [5.41, 5.74) is 7.63. The Kier molecular flexibility index (Phi) is 5.90. The third-order valence-electron chi connectivity index (χ3n) is 8.20. The first-order valence-electron chi connectivity index (χ1n) is 13.2. The number of aryl methyl sites for hydroxylation is 3. The Bertz CT molecular complexity index is 1490. The average Bonchev–Trinajstić information content (AvgIpc) is 3.23. The van der Waals surface area contributed by atoms with Crippen molar-refractivity contribution in [3.05, 3.63) is 89.0 Å². The van der Waals surface area contributed by atoms with E-state index in [-0.39, 0.29) is 23.1 Å². The van der Waals surface area contributed by atoms with E-state index in [9.17, 15) is 9.59 Å². The average molecular weight is 509 g/mol. The summed E-state index contributed by atoms with van der Waals surface area (Å²) in [6, 6.07) is 17.1. The van der Waals surface area contributed by atoms with Gasteiger partial charge < -0.3 is 10.6 Å². The number of carbonyl (C=O) groups is 2. The van der Waals surface area contributed by atoms with Crippen molar-refractivity contribution in [1.82, 2.24) is 25.3 Å². The number of fused-ring (bicyclic) bond motifs is 1. The number of hydrogen-bond acceptors (Lipinski definition) is 4. The Balaban J connectivity index is 1.31. The maximum atomic E-state index is 13.9. The van der Waals surface area contributed by atoms with Crippen LogP contribution in [0.5, 0.6) is 0 Å². The van der Waals surface area contributed by atoms with Crippen LogP contribution in [0.3, 0.4) is 0 Å². The lowest BCUT2D eigenvalue weighted by Crippen LogP contribution is -2.49. The Morgan fingerprint density at radius 1 is 1.11 bits per heavy atom. The summed E-state index contributed by atoms with van der Waals surface area (Å²) >= 11 is 0. The van der Waals surface area contributed by atoms with Crippen LogP contribution in [-0.2, 0) is 17.8 Å². The monoisotopic (exact) mass is 508 g/mol. The molecule has 2 amide bonds. The molecule has 2 aliphatic carbocycles. The maximum absolute atomic E-state index is 13.9. The van der Waals surface area contributed by atoms with Gasteiger partial charge in [0.2, 0.25) is 5.91 Å². The molecule has 8 heteroatoms. The number of aromatic nitrogens is 4. The molecule has 2 atom stereocenters. The highest BCUT2D eigenvalue weighted by Crippen LogP contribution is 2.64. The summed E-state index contributed by atoms with van der Waals surface area (Å²) in [6.07, 6.45) is 4.66. The van der Waals surface area contributed by atoms with Crippen molar-refractivity contribution in [3.8, 4) is 11.1 Å². The van der Waals surface area contributed by atoms with Crippen molar-refractivity contribution < 1.29 is 9.59 Å². The fourth-order valence-electron chi connectivity index (χ4n) is 6.21. The van der Waals surface area contributed by atoms with E-state index in [0.717, 1.165) is 47.3 Å². The standard InChI is InChI=1S/C30H32N6O2/c1-4-36-24(13-16-31-36)28(37)33-27(26-23-8-6-5-7-21(23)17-30(26)14-15-30)29(38)32-22-11-9-20(10-12-22)25-18(2)34-35-19(25)3/h5-13,16,26-27H,4,14-15,17H2,1-3H3,(H,32,38)(H,33,37)(H,34,35)/t26?,27-/m0/s1. The summed E-state index contributed by atoms with van der Waals surface area (Å²) in [6.45, 7) is 6.48. The largest absolute Gasteiger partial charge is 0.338 e. The van der Waals surface area contributed by atoms with E-state index in [1.54, 1.807) is 16.9 Å². The number of hydrogen-bond donors (Lipinski definition) is 3. The van der Waals surface area contributed by atoms with E-state index in [4.69, 9.17) is 0 Å². The first-order chi connectivity index (χ1) is 18.4. The molecule has 0 bridgehead atoms. The molecule has 6 rings (SSSR count). The highest BCUT2D eigenvalue weighted by atomic mass is 16.2. The van der Waals surface area contributed by atoms with Gasteiger partial charge in [0.15, 0.2) is 0 Å². The van der Waals surface area contributed by atoms with Crippen LogP contribution in [-0.4, -0.2) is 37.8 Å². The molecular weight excluding hydrogens is 476 g/mol. The fourth-order valence-corrected chi connectivity index (χ4v) is 6.21. The summed E-state index contributed by atoms with van der Waals surface area (Å²) in [5.74, 6) is -0.584. The first-order valence-corrected chi connectivity index (χ1v) is 13.2. The lowest BCUT2D eigenvalue weighted by Gasteiger charge is -2.29. The van der Waals surface area contributed by atoms with Crippen LogP contribution in [0.1, 0.15) is 58.7 Å². The van der Waals surface area contributed by atoms with Crippen molar-refractivity contribution in [1.29, 1.82) is 0 Å². The lowest BCUT2D eigenvalue weighted by molar-refractivity contribution is -0.118. The zero-order chi connectivity index (χ0) is 26.4. The van der Waals surface area contributed by atoms with Crippen molar-refractivity contribution in [2.24, 2.45) is 5.41 Å². The molecule has 0 radical (unpaired) electrons. The van der Waals surface area contributed by atoms with Gasteiger partial charge in [-0.25, -0.2) is 0 Å². The third-order valence-corrected chi connectivity index (χ3v) is 8.20. The van der Waals surface area contributed by atoms with Crippen LogP contribution in [0.25, 0.3) is 11.1 Å². The number of amides is 2. The van der Waals surface area contributed by atoms with E-state index in [2.05, 4.69) is 44.1 Å². The minimum absolute atomic E-state index is 0.0180. The summed E-state index contributed by atoms with van der Waals surface area (Å²) in [7, 11) is 0. The molecular formula is C30H32N6O2. The van der Waals surface area contributed by atoms with Crippen LogP contribution in [0, 0.1) is 19.3 Å². The maximum Gasteiger partial charge on any atom is 0.270 e. The second kappa shape index (κ2) is 9.28. The quantitative estimate of drug-likeness (QED) is 0.335. The van der Waals surface area contributed by atoms with E-state index in [1.165, 1.54) is 5.56 Å². The number of carbonyl (C=O) groups excluding carboxylic acids is 2. The smallest absolute Gasteiger partial charge is 0.270 e. The van der Waals surface area contributed by atoms with Crippen LogP contribution in [0.2, 0.25) is 0 Å². The van der Waals surface area contributed by atoms with Crippen molar-refractivity contribution >= 4 is 17.5 Å². The molecule has 1 unspecified atom stereocenters. The summed E-state index contributed by atoms with van der Waals surface area (Å²) in [5, 5.41) is 17.8. The summed E-state index contributed by atoms with van der Waals surface area (Å²) in [4.78, 5) is 27.4. The number of H-pyrrole nitrogens is 1. The summed E-state index contributed by atoms with van der Waals surface area (Å²) < 4.78 is 1.65. The highest BCUT2D eigenvalue weighted by molar-refractivity contribution is 6.01. The van der Waals surface area contributed by atoms with E-state index in [1.807, 2.05) is 51.1 Å².